The Morgan fingerprint density at radius 3 is 2.58 bits per heavy atom. The van der Waals surface area contributed by atoms with E-state index in [1.807, 2.05) is 31.2 Å². The summed E-state index contributed by atoms with van der Waals surface area (Å²) >= 11 is 3.34. The second-order valence-electron chi connectivity index (χ2n) is 5.42. The third-order valence-corrected chi connectivity index (χ3v) is 4.35. The first kappa shape index (κ1) is 16.3. The normalized spacial score (nSPS) is 12.0. The fourth-order valence-corrected chi connectivity index (χ4v) is 2.74. The summed E-state index contributed by atoms with van der Waals surface area (Å²) in [6, 6.07) is 9.60. The summed E-state index contributed by atoms with van der Waals surface area (Å²) in [6.07, 6.45) is 6.37. The summed E-state index contributed by atoms with van der Waals surface area (Å²) in [4.78, 5) is 22.3. The molecule has 0 N–H and O–H groups in total. The van der Waals surface area contributed by atoms with Crippen molar-refractivity contribution in [1.82, 2.24) is 24.6 Å². The molecule has 2 aromatic heterocycles. The standard InChI is InChI=1S/C17H16BrN5O/c1-12(22(2)17(24)14-7-15(18)9-19-8-14)13-3-5-16(6-4-13)23-11-20-10-21-23/h3-12H,1-2H3/t12-/m0/s1. The zero-order valence-electron chi connectivity index (χ0n) is 13.3. The van der Waals surface area contributed by atoms with Crippen LogP contribution >= 0.6 is 15.9 Å². The molecule has 24 heavy (non-hydrogen) atoms. The van der Waals surface area contributed by atoms with Crippen LogP contribution in [0.5, 0.6) is 0 Å². The van der Waals surface area contributed by atoms with E-state index in [4.69, 9.17) is 0 Å². The van der Waals surface area contributed by atoms with Gasteiger partial charge >= 0.3 is 0 Å². The van der Waals surface area contributed by atoms with Crippen molar-refractivity contribution in [1.29, 1.82) is 0 Å². The van der Waals surface area contributed by atoms with Gasteiger partial charge in [-0.15, -0.1) is 0 Å². The molecule has 3 rings (SSSR count). The van der Waals surface area contributed by atoms with E-state index in [2.05, 4.69) is 31.0 Å². The van der Waals surface area contributed by atoms with Crippen molar-refractivity contribution in [2.24, 2.45) is 0 Å². The van der Waals surface area contributed by atoms with Crippen molar-refractivity contribution in [3.05, 3.63) is 71.0 Å². The van der Waals surface area contributed by atoms with Crippen LogP contribution < -0.4 is 0 Å². The molecule has 0 fully saturated rings. The minimum absolute atomic E-state index is 0.0683. The minimum atomic E-state index is -0.0725. The number of nitrogens with zero attached hydrogens (tertiary/aromatic N) is 5. The van der Waals surface area contributed by atoms with E-state index < -0.39 is 0 Å². The molecule has 1 aromatic carbocycles. The molecular weight excluding hydrogens is 370 g/mol. The summed E-state index contributed by atoms with van der Waals surface area (Å²) in [6.45, 7) is 1.99. The summed E-state index contributed by atoms with van der Waals surface area (Å²) in [5.41, 5.74) is 2.52. The summed E-state index contributed by atoms with van der Waals surface area (Å²) in [5, 5.41) is 4.10. The van der Waals surface area contributed by atoms with Gasteiger partial charge in [0, 0.05) is 23.9 Å². The molecule has 1 amide bonds. The van der Waals surface area contributed by atoms with Gasteiger partial charge in [0.1, 0.15) is 12.7 Å². The molecule has 2 heterocycles. The maximum atomic E-state index is 12.6. The van der Waals surface area contributed by atoms with Gasteiger partial charge in [0.25, 0.3) is 5.91 Å². The molecule has 0 aliphatic heterocycles. The molecule has 0 bridgehead atoms. The van der Waals surface area contributed by atoms with Gasteiger partial charge in [0.15, 0.2) is 0 Å². The van der Waals surface area contributed by atoms with E-state index in [0.717, 1.165) is 15.7 Å². The number of pyridine rings is 1. The highest BCUT2D eigenvalue weighted by Gasteiger charge is 2.19. The minimum Gasteiger partial charge on any atom is -0.335 e. The highest BCUT2D eigenvalue weighted by molar-refractivity contribution is 9.10. The SMILES string of the molecule is C[C@@H](c1ccc(-n2cncn2)cc1)N(C)C(=O)c1cncc(Br)c1. The monoisotopic (exact) mass is 385 g/mol. The second-order valence-corrected chi connectivity index (χ2v) is 6.33. The first-order valence-corrected chi connectivity index (χ1v) is 8.18. The number of carbonyl (C=O) groups excluding carboxylic acids is 1. The van der Waals surface area contributed by atoms with Crippen LogP contribution in [0.4, 0.5) is 0 Å². The smallest absolute Gasteiger partial charge is 0.255 e. The van der Waals surface area contributed by atoms with Crippen molar-refractivity contribution in [3.8, 4) is 5.69 Å². The zero-order valence-corrected chi connectivity index (χ0v) is 14.9. The van der Waals surface area contributed by atoms with Crippen LogP contribution in [0.15, 0.2) is 59.9 Å². The highest BCUT2D eigenvalue weighted by atomic mass is 79.9. The first-order chi connectivity index (χ1) is 11.6. The van der Waals surface area contributed by atoms with Crippen molar-refractivity contribution >= 4 is 21.8 Å². The van der Waals surface area contributed by atoms with Gasteiger partial charge in [-0.25, -0.2) is 9.67 Å². The van der Waals surface area contributed by atoms with Crippen LogP contribution in [0, 0.1) is 0 Å². The van der Waals surface area contributed by atoms with Crippen LogP contribution in [0.1, 0.15) is 28.9 Å². The molecule has 0 spiro atoms. The Kier molecular flexibility index (Phi) is 4.71. The van der Waals surface area contributed by atoms with E-state index in [1.165, 1.54) is 6.33 Å². The fourth-order valence-electron chi connectivity index (χ4n) is 2.38. The molecule has 1 atom stereocenters. The van der Waals surface area contributed by atoms with Crippen molar-refractivity contribution in [2.45, 2.75) is 13.0 Å². The van der Waals surface area contributed by atoms with Gasteiger partial charge in [-0.05, 0) is 46.6 Å². The zero-order chi connectivity index (χ0) is 17.1. The number of hydrogen-bond acceptors (Lipinski definition) is 4. The molecule has 0 unspecified atom stereocenters. The van der Waals surface area contributed by atoms with E-state index in [0.29, 0.717) is 5.56 Å². The molecule has 122 valence electrons. The van der Waals surface area contributed by atoms with Crippen LogP contribution in [-0.4, -0.2) is 37.6 Å². The summed E-state index contributed by atoms with van der Waals surface area (Å²) in [7, 11) is 1.79. The lowest BCUT2D eigenvalue weighted by Crippen LogP contribution is -2.29. The molecule has 0 saturated heterocycles. The van der Waals surface area contributed by atoms with Gasteiger partial charge in [-0.3, -0.25) is 9.78 Å². The Bertz CT molecular complexity index is 832. The van der Waals surface area contributed by atoms with Gasteiger partial charge in [0.2, 0.25) is 0 Å². The number of carbonyl (C=O) groups is 1. The van der Waals surface area contributed by atoms with Gasteiger partial charge in [-0.1, -0.05) is 12.1 Å². The molecule has 3 aromatic rings. The Morgan fingerprint density at radius 1 is 1.21 bits per heavy atom. The maximum Gasteiger partial charge on any atom is 0.255 e. The lowest BCUT2D eigenvalue weighted by atomic mass is 10.1. The third kappa shape index (κ3) is 3.35. The Labute approximate surface area is 148 Å². The molecule has 7 heteroatoms. The van der Waals surface area contributed by atoms with Gasteiger partial charge in [-0.2, -0.15) is 5.10 Å². The lowest BCUT2D eigenvalue weighted by Gasteiger charge is -2.25. The van der Waals surface area contributed by atoms with Crippen LogP contribution in [0.25, 0.3) is 5.69 Å². The number of halogens is 1. The quantitative estimate of drug-likeness (QED) is 0.691. The maximum absolute atomic E-state index is 12.6. The molecule has 0 saturated carbocycles. The number of aromatic nitrogens is 4. The van der Waals surface area contributed by atoms with Crippen molar-refractivity contribution in [3.63, 3.8) is 0 Å². The average Bonchev–Trinajstić information content (AvgIpc) is 3.14. The second kappa shape index (κ2) is 6.92. The number of hydrogen-bond donors (Lipinski definition) is 0. The lowest BCUT2D eigenvalue weighted by molar-refractivity contribution is 0.0742. The molecule has 0 radical (unpaired) electrons. The molecule has 6 nitrogen and oxygen atoms in total. The molecular formula is C17H16BrN5O. The molecule has 0 aliphatic carbocycles. The topological polar surface area (TPSA) is 63.9 Å². The average molecular weight is 386 g/mol. The highest BCUT2D eigenvalue weighted by Crippen LogP contribution is 2.22. The van der Waals surface area contributed by atoms with E-state index in [9.17, 15) is 4.79 Å². The number of rotatable bonds is 4. The van der Waals surface area contributed by atoms with Crippen molar-refractivity contribution < 1.29 is 4.79 Å². The van der Waals surface area contributed by atoms with Crippen LogP contribution in [0.3, 0.4) is 0 Å². The van der Waals surface area contributed by atoms with Gasteiger partial charge < -0.3 is 4.90 Å². The van der Waals surface area contributed by atoms with E-state index in [1.54, 1.807) is 41.4 Å². The predicted octanol–water partition coefficient (Wildman–Crippen LogP) is 3.26. The van der Waals surface area contributed by atoms with Crippen LogP contribution in [-0.2, 0) is 0 Å². The van der Waals surface area contributed by atoms with Crippen LogP contribution in [0.2, 0.25) is 0 Å². The third-order valence-electron chi connectivity index (χ3n) is 3.91. The van der Waals surface area contributed by atoms with E-state index in [-0.39, 0.29) is 11.9 Å². The summed E-state index contributed by atoms with van der Waals surface area (Å²) in [5.74, 6) is -0.0725. The Morgan fingerprint density at radius 2 is 1.96 bits per heavy atom. The largest absolute Gasteiger partial charge is 0.335 e. The number of benzene rings is 1. The summed E-state index contributed by atoms with van der Waals surface area (Å²) < 4.78 is 2.47. The molecule has 0 aliphatic rings. The number of amides is 1. The Balaban J connectivity index is 1.78. The predicted molar refractivity (Wildman–Crippen MR) is 93.8 cm³/mol. The van der Waals surface area contributed by atoms with Crippen molar-refractivity contribution in [2.75, 3.05) is 7.05 Å². The van der Waals surface area contributed by atoms with Gasteiger partial charge in [0.05, 0.1) is 17.3 Å². The van der Waals surface area contributed by atoms with E-state index >= 15 is 0 Å². The Hall–Kier alpha value is -2.54. The first-order valence-electron chi connectivity index (χ1n) is 7.39. The fraction of sp³-hybridized carbons (Fsp3) is 0.176.